The molecule has 0 aromatic rings. The molecular weight excluding hydrogens is 983 g/mol. The second-order valence-corrected chi connectivity index (χ2v) is 16.7. The smallest absolute Gasteiger partial charge is 0.243 e. The summed E-state index contributed by atoms with van der Waals surface area (Å²) in [7, 11) is 0. The molecule has 0 aliphatic heterocycles. The molecule has 0 aliphatic rings. The highest BCUT2D eigenvalue weighted by Gasteiger charge is 2.33. The summed E-state index contributed by atoms with van der Waals surface area (Å²) in [5.74, 6) is -7.49. The van der Waals surface area contributed by atoms with Gasteiger partial charge >= 0.3 is 0 Å². The van der Waals surface area contributed by atoms with Crippen molar-refractivity contribution in [3.8, 4) is 0 Å². The van der Waals surface area contributed by atoms with Crippen LogP contribution < -0.4 is 106 Å². The highest BCUT2D eigenvalue weighted by Crippen LogP contribution is 2.10. The Kier molecular flexibility index (Phi) is 33.6. The Morgan fingerprint density at radius 3 is 0.907 bits per heavy atom. The van der Waals surface area contributed by atoms with E-state index in [0.717, 1.165) is 6.08 Å². The average molecular weight is 1060 g/mol. The molecule has 0 saturated heterocycles. The van der Waals surface area contributed by atoms with Gasteiger partial charge in [0.2, 0.25) is 41.4 Å². The van der Waals surface area contributed by atoms with Crippen molar-refractivity contribution in [2.24, 2.45) is 88.0 Å². The molecule has 0 rings (SSSR count). The Morgan fingerprint density at radius 2 is 0.667 bits per heavy atom. The summed E-state index contributed by atoms with van der Waals surface area (Å²) in [5, 5.41) is 28.3. The Morgan fingerprint density at radius 1 is 0.413 bits per heavy atom. The molecule has 422 valence electrons. The van der Waals surface area contributed by atoms with Crippen molar-refractivity contribution in [2.75, 3.05) is 45.8 Å². The number of carbonyl (C=O) groups excluding carboxylic acids is 8. The van der Waals surface area contributed by atoms with Gasteiger partial charge < -0.3 is 106 Å². The number of hydrogen-bond acceptors (Lipinski definition) is 14. The topological polar surface area (TPSA) is 605 Å². The van der Waals surface area contributed by atoms with Crippen LogP contribution in [0.1, 0.15) is 84.0 Å². The Labute approximate surface area is 435 Å². The van der Waals surface area contributed by atoms with Gasteiger partial charge in [0.1, 0.15) is 36.3 Å². The molecule has 33 heteroatoms. The van der Waals surface area contributed by atoms with Gasteiger partial charge in [-0.1, -0.05) is 6.58 Å². The minimum absolute atomic E-state index is 0.00171. The zero-order valence-electron chi connectivity index (χ0n) is 42.5. The summed E-state index contributed by atoms with van der Waals surface area (Å²) in [5.41, 5.74) is 60.2. The first-order valence-corrected chi connectivity index (χ1v) is 23.9. The molecule has 0 aromatic heterocycles. The Hall–Kier alpha value is -8.68. The standard InChI is InChI=1S/C42H81N25O8/c1-3-24(69)22-61-31(70)25(10-4-16-55-37(43)44)63-33(72)27(12-6-18-57-39(47)48)65-35(74)29(14-8-20-59-41(51)52)67-36(75)30(15-9-21-60-42(53)54)66-34(73)28(13-7-19-58-40(49)50)64-32(71)26(62-23(2)68)11-5-17-56-38(45)46/h3,25-30H,1,4-22H2,2H3,(H,61,70)(H,62,68)(H,63,72)(H,64,71)(H,65,74)(H,66,73)(H,67,75)(H4,43,44,55)(H4,45,46,56)(H4,47,48,57)(H4,49,50,58)(H4,51,52,59)(H4,53,54,60)/t25-,26-,27-,28-,29-,30-/m0/s1. The Bertz CT molecular complexity index is 2040. The summed E-state index contributed by atoms with van der Waals surface area (Å²) in [6.07, 6.45) is 1.62. The SMILES string of the molecule is C=CC(=O)CNC(=O)[C@H](CCCN=C(N)N)NC(=O)[C@H](CCCN=C(N)N)NC(=O)[C@H](CCCN=C(N)N)NC(=O)[C@H](CCCN=C(N)N)NC(=O)[C@H](CCCNC(=N)N)NC(=O)[C@H](CCCN=C(N)N)NC(C)=O. The van der Waals surface area contributed by atoms with Crippen LogP contribution in [0.5, 0.6) is 0 Å². The van der Waals surface area contributed by atoms with Crippen LogP contribution in [0.25, 0.3) is 0 Å². The monoisotopic (exact) mass is 1060 g/mol. The van der Waals surface area contributed by atoms with Gasteiger partial charge in [-0.25, -0.2) is 0 Å². The van der Waals surface area contributed by atoms with Crippen molar-refractivity contribution >= 4 is 82.9 Å². The van der Waals surface area contributed by atoms with E-state index in [1.165, 1.54) is 6.92 Å². The van der Waals surface area contributed by atoms with Crippen LogP contribution in [0.2, 0.25) is 0 Å². The lowest BCUT2D eigenvalue weighted by Gasteiger charge is -2.28. The molecule has 0 heterocycles. The van der Waals surface area contributed by atoms with Crippen LogP contribution in [0.15, 0.2) is 37.6 Å². The van der Waals surface area contributed by atoms with Crippen LogP contribution in [-0.2, 0) is 38.4 Å². The largest absolute Gasteiger partial charge is 0.370 e. The first-order chi connectivity index (χ1) is 35.4. The molecule has 0 radical (unpaired) electrons. The van der Waals surface area contributed by atoms with Gasteiger partial charge in [0, 0.05) is 46.2 Å². The van der Waals surface area contributed by atoms with E-state index >= 15 is 0 Å². The van der Waals surface area contributed by atoms with E-state index in [4.69, 9.17) is 68.5 Å². The maximum absolute atomic E-state index is 14.4. The van der Waals surface area contributed by atoms with Crippen LogP contribution in [0.3, 0.4) is 0 Å². The molecule has 0 unspecified atom stereocenters. The van der Waals surface area contributed by atoms with Gasteiger partial charge in [-0.2, -0.15) is 0 Å². The predicted octanol–water partition coefficient (Wildman–Crippen LogP) is -8.68. The number of nitrogens with zero attached hydrogens (tertiary/aromatic N) is 5. The molecule has 0 saturated carbocycles. The van der Waals surface area contributed by atoms with Crippen molar-refractivity contribution in [3.63, 3.8) is 0 Å². The number of guanidine groups is 6. The Balaban J connectivity index is 7.15. The summed E-state index contributed by atoms with van der Waals surface area (Å²) >= 11 is 0. The maximum Gasteiger partial charge on any atom is 0.243 e. The molecule has 0 aliphatic carbocycles. The number of ketones is 1. The minimum atomic E-state index is -1.44. The third-order valence-corrected chi connectivity index (χ3v) is 10.2. The number of nitrogens with one attached hydrogen (secondary N) is 9. The van der Waals surface area contributed by atoms with Crippen molar-refractivity contribution in [1.29, 1.82) is 5.41 Å². The molecule has 0 spiro atoms. The van der Waals surface area contributed by atoms with E-state index in [-0.39, 0.29) is 152 Å². The highest BCUT2D eigenvalue weighted by molar-refractivity contribution is 5.98. The van der Waals surface area contributed by atoms with E-state index in [9.17, 15) is 38.4 Å². The molecule has 31 N–H and O–H groups in total. The van der Waals surface area contributed by atoms with Gasteiger partial charge in [0.05, 0.1) is 6.54 Å². The van der Waals surface area contributed by atoms with Crippen molar-refractivity contribution in [3.05, 3.63) is 12.7 Å². The number of nitrogens with two attached hydrogens (primary N) is 11. The number of hydrogen-bond donors (Lipinski definition) is 20. The summed E-state index contributed by atoms with van der Waals surface area (Å²) in [6, 6.07) is -7.99. The molecule has 7 amide bonds. The quantitative estimate of drug-likeness (QED) is 0.0118. The summed E-state index contributed by atoms with van der Waals surface area (Å²) in [6.45, 7) is 4.52. The van der Waals surface area contributed by atoms with Gasteiger partial charge in [0.25, 0.3) is 0 Å². The molecule has 6 atom stereocenters. The second-order valence-electron chi connectivity index (χ2n) is 16.7. The lowest BCUT2D eigenvalue weighted by Crippen LogP contribution is -2.59. The number of rotatable bonds is 39. The lowest BCUT2D eigenvalue weighted by atomic mass is 10.0. The van der Waals surface area contributed by atoms with E-state index in [0.29, 0.717) is 0 Å². The van der Waals surface area contributed by atoms with E-state index in [2.05, 4.69) is 74.1 Å². The van der Waals surface area contributed by atoms with Crippen LogP contribution >= 0.6 is 0 Å². The molecular formula is C42H81N25O8. The predicted molar refractivity (Wildman–Crippen MR) is 284 cm³/mol. The highest BCUT2D eigenvalue weighted by atomic mass is 16.2. The van der Waals surface area contributed by atoms with Crippen LogP contribution in [0, 0.1) is 5.41 Å². The summed E-state index contributed by atoms with van der Waals surface area (Å²) < 4.78 is 0. The molecule has 75 heavy (non-hydrogen) atoms. The third kappa shape index (κ3) is 33.6. The zero-order valence-corrected chi connectivity index (χ0v) is 42.5. The fraction of sp³-hybridized carbons (Fsp3) is 0.619. The maximum atomic E-state index is 14.4. The second kappa shape index (κ2) is 38.0. The molecule has 0 aromatic carbocycles. The van der Waals surface area contributed by atoms with Gasteiger partial charge in [-0.15, -0.1) is 0 Å². The molecule has 0 bridgehead atoms. The van der Waals surface area contributed by atoms with Gasteiger partial charge in [0.15, 0.2) is 41.5 Å². The zero-order chi connectivity index (χ0) is 56.9. The first-order valence-electron chi connectivity index (χ1n) is 23.9. The summed E-state index contributed by atoms with van der Waals surface area (Å²) in [4.78, 5) is 128. The number of amides is 7. The number of carbonyl (C=O) groups is 8. The lowest BCUT2D eigenvalue weighted by molar-refractivity contribution is -0.135. The fourth-order valence-electron chi connectivity index (χ4n) is 6.64. The average Bonchev–Trinajstić information content (AvgIpc) is 3.32. The van der Waals surface area contributed by atoms with E-state index in [1.54, 1.807) is 0 Å². The normalized spacial score (nSPS) is 12.8. The first kappa shape index (κ1) is 66.3. The fourth-order valence-corrected chi connectivity index (χ4v) is 6.64. The molecule has 0 fully saturated rings. The molecule has 33 nitrogen and oxygen atoms in total. The van der Waals surface area contributed by atoms with E-state index < -0.39 is 89.9 Å². The van der Waals surface area contributed by atoms with Gasteiger partial charge in [-0.3, -0.25) is 68.7 Å². The van der Waals surface area contributed by atoms with Crippen LogP contribution in [-0.4, -0.2) is 165 Å². The third-order valence-electron chi connectivity index (χ3n) is 10.2. The van der Waals surface area contributed by atoms with Crippen molar-refractivity contribution < 1.29 is 38.4 Å². The van der Waals surface area contributed by atoms with E-state index in [1.807, 2.05) is 0 Å². The van der Waals surface area contributed by atoms with Crippen molar-refractivity contribution in [1.82, 2.24) is 42.5 Å². The number of aliphatic imine (C=N–C) groups is 5. The van der Waals surface area contributed by atoms with Crippen molar-refractivity contribution in [2.45, 2.75) is 120 Å². The minimum Gasteiger partial charge on any atom is -0.370 e. The van der Waals surface area contributed by atoms with Gasteiger partial charge in [-0.05, 0) is 83.1 Å². The van der Waals surface area contributed by atoms with Crippen LogP contribution in [0.4, 0.5) is 0 Å².